The molecule has 1 fully saturated rings. The number of hydrogen-bond acceptors (Lipinski definition) is 5. The van der Waals surface area contributed by atoms with E-state index in [1.807, 2.05) is 4.90 Å². The molecule has 1 aromatic heterocycles. The SMILES string of the molecule is CC1(C)C(=O)NCCN1c1ccc(C(=O)O)nn1. The van der Waals surface area contributed by atoms with Crippen molar-refractivity contribution in [2.75, 3.05) is 18.0 Å². The number of amides is 1. The monoisotopic (exact) mass is 250 g/mol. The molecule has 2 N–H and O–H groups in total. The second-order valence-corrected chi connectivity index (χ2v) is 4.55. The zero-order valence-electron chi connectivity index (χ0n) is 10.2. The minimum atomic E-state index is -1.12. The zero-order valence-corrected chi connectivity index (χ0v) is 10.2. The highest BCUT2D eigenvalue weighted by atomic mass is 16.4. The molecular formula is C11H14N4O3. The smallest absolute Gasteiger partial charge is 0.356 e. The van der Waals surface area contributed by atoms with Crippen LogP contribution in [0.5, 0.6) is 0 Å². The summed E-state index contributed by atoms with van der Waals surface area (Å²) in [6.45, 7) is 4.72. The maximum absolute atomic E-state index is 11.8. The van der Waals surface area contributed by atoms with Crippen LogP contribution in [0, 0.1) is 0 Å². The lowest BCUT2D eigenvalue weighted by atomic mass is 9.99. The number of piperazine rings is 1. The van der Waals surface area contributed by atoms with Crippen LogP contribution in [0.2, 0.25) is 0 Å². The van der Waals surface area contributed by atoms with Crippen LogP contribution in [-0.2, 0) is 4.79 Å². The maximum atomic E-state index is 11.8. The average molecular weight is 250 g/mol. The van der Waals surface area contributed by atoms with Crippen LogP contribution in [-0.4, -0.2) is 45.8 Å². The molecule has 7 nitrogen and oxygen atoms in total. The molecule has 7 heteroatoms. The molecule has 0 radical (unpaired) electrons. The number of carboxylic acid groups (broad SMARTS) is 1. The average Bonchev–Trinajstić information content (AvgIpc) is 2.33. The lowest BCUT2D eigenvalue weighted by Gasteiger charge is -2.41. The van der Waals surface area contributed by atoms with E-state index in [9.17, 15) is 9.59 Å². The Hall–Kier alpha value is -2.18. The molecule has 96 valence electrons. The zero-order chi connectivity index (χ0) is 13.3. The van der Waals surface area contributed by atoms with E-state index in [0.29, 0.717) is 18.9 Å². The second-order valence-electron chi connectivity index (χ2n) is 4.55. The van der Waals surface area contributed by atoms with Gasteiger partial charge in [-0.05, 0) is 26.0 Å². The highest BCUT2D eigenvalue weighted by Crippen LogP contribution is 2.23. The number of nitrogens with zero attached hydrogens (tertiary/aromatic N) is 3. The van der Waals surface area contributed by atoms with Gasteiger partial charge in [0.05, 0.1) is 0 Å². The summed E-state index contributed by atoms with van der Waals surface area (Å²) in [7, 11) is 0. The Labute approximate surface area is 104 Å². The summed E-state index contributed by atoms with van der Waals surface area (Å²) in [4.78, 5) is 24.3. The van der Waals surface area contributed by atoms with Gasteiger partial charge in [0.1, 0.15) is 5.54 Å². The Morgan fingerprint density at radius 3 is 2.72 bits per heavy atom. The van der Waals surface area contributed by atoms with Gasteiger partial charge >= 0.3 is 5.97 Å². The van der Waals surface area contributed by atoms with Gasteiger partial charge in [0.15, 0.2) is 11.5 Å². The van der Waals surface area contributed by atoms with Crippen molar-refractivity contribution in [2.45, 2.75) is 19.4 Å². The van der Waals surface area contributed by atoms with Crippen molar-refractivity contribution in [1.82, 2.24) is 15.5 Å². The molecule has 2 heterocycles. The topological polar surface area (TPSA) is 95.4 Å². The molecule has 2 rings (SSSR count). The molecule has 1 aliphatic heterocycles. The van der Waals surface area contributed by atoms with E-state index in [4.69, 9.17) is 5.11 Å². The molecule has 0 aromatic carbocycles. The van der Waals surface area contributed by atoms with E-state index in [-0.39, 0.29) is 11.6 Å². The Balaban J connectivity index is 2.30. The number of aromatic nitrogens is 2. The first kappa shape index (κ1) is 12.3. The predicted molar refractivity (Wildman–Crippen MR) is 63.4 cm³/mol. The van der Waals surface area contributed by atoms with Crippen molar-refractivity contribution in [1.29, 1.82) is 0 Å². The van der Waals surface area contributed by atoms with Gasteiger partial charge in [-0.15, -0.1) is 10.2 Å². The van der Waals surface area contributed by atoms with Crippen molar-refractivity contribution < 1.29 is 14.7 Å². The van der Waals surface area contributed by atoms with Crippen LogP contribution in [0.3, 0.4) is 0 Å². The Morgan fingerprint density at radius 2 is 2.17 bits per heavy atom. The van der Waals surface area contributed by atoms with E-state index < -0.39 is 11.5 Å². The van der Waals surface area contributed by atoms with Gasteiger partial charge in [0.25, 0.3) is 0 Å². The number of carbonyl (C=O) groups excluding carboxylic acids is 1. The Kier molecular flexibility index (Phi) is 2.90. The molecule has 0 atom stereocenters. The summed E-state index contributed by atoms with van der Waals surface area (Å²) in [6, 6.07) is 2.95. The van der Waals surface area contributed by atoms with Gasteiger partial charge in [-0.1, -0.05) is 0 Å². The first-order chi connectivity index (χ1) is 8.43. The normalized spacial score (nSPS) is 18.3. The minimum Gasteiger partial charge on any atom is -0.476 e. The standard InChI is InChI=1S/C11H14N4O3/c1-11(2)10(18)12-5-6-15(11)8-4-3-7(9(16)17)13-14-8/h3-4H,5-6H2,1-2H3,(H,12,18)(H,16,17). The van der Waals surface area contributed by atoms with Gasteiger partial charge in [-0.2, -0.15) is 0 Å². The number of rotatable bonds is 2. The third-order valence-electron chi connectivity index (χ3n) is 3.00. The fourth-order valence-corrected chi connectivity index (χ4v) is 1.88. The largest absolute Gasteiger partial charge is 0.476 e. The molecule has 1 amide bonds. The number of carbonyl (C=O) groups is 2. The van der Waals surface area contributed by atoms with E-state index in [1.54, 1.807) is 19.9 Å². The van der Waals surface area contributed by atoms with Crippen molar-refractivity contribution in [3.63, 3.8) is 0 Å². The number of hydrogen-bond donors (Lipinski definition) is 2. The number of carboxylic acids is 1. The second kappa shape index (κ2) is 4.25. The van der Waals surface area contributed by atoms with Crippen LogP contribution < -0.4 is 10.2 Å². The fourth-order valence-electron chi connectivity index (χ4n) is 1.88. The first-order valence-corrected chi connectivity index (χ1v) is 5.56. The van der Waals surface area contributed by atoms with Gasteiger partial charge < -0.3 is 15.3 Å². The summed E-state index contributed by atoms with van der Waals surface area (Å²) >= 11 is 0. The van der Waals surface area contributed by atoms with Crippen molar-refractivity contribution in [3.05, 3.63) is 17.8 Å². The molecule has 0 unspecified atom stereocenters. The Morgan fingerprint density at radius 1 is 1.44 bits per heavy atom. The lowest BCUT2D eigenvalue weighted by molar-refractivity contribution is -0.126. The van der Waals surface area contributed by atoms with Crippen molar-refractivity contribution >= 4 is 17.7 Å². The summed E-state index contributed by atoms with van der Waals surface area (Å²) < 4.78 is 0. The van der Waals surface area contributed by atoms with E-state index in [2.05, 4.69) is 15.5 Å². The van der Waals surface area contributed by atoms with Gasteiger partial charge in [0, 0.05) is 13.1 Å². The quantitative estimate of drug-likeness (QED) is 0.760. The summed E-state index contributed by atoms with van der Waals surface area (Å²) in [6.07, 6.45) is 0. The molecule has 0 spiro atoms. The molecule has 0 aliphatic carbocycles. The van der Waals surface area contributed by atoms with E-state index in [0.717, 1.165) is 0 Å². The molecular weight excluding hydrogens is 236 g/mol. The third-order valence-corrected chi connectivity index (χ3v) is 3.00. The molecule has 0 bridgehead atoms. The molecule has 1 aliphatic rings. The van der Waals surface area contributed by atoms with Crippen molar-refractivity contribution in [3.8, 4) is 0 Å². The van der Waals surface area contributed by atoms with Crippen LogP contribution >= 0.6 is 0 Å². The van der Waals surface area contributed by atoms with Crippen LogP contribution in [0.1, 0.15) is 24.3 Å². The summed E-state index contributed by atoms with van der Waals surface area (Å²) in [5.74, 6) is -0.706. The molecule has 1 saturated heterocycles. The van der Waals surface area contributed by atoms with Crippen LogP contribution in [0.15, 0.2) is 12.1 Å². The fraction of sp³-hybridized carbons (Fsp3) is 0.455. The molecule has 18 heavy (non-hydrogen) atoms. The molecule has 1 aromatic rings. The van der Waals surface area contributed by atoms with Crippen LogP contribution in [0.25, 0.3) is 0 Å². The van der Waals surface area contributed by atoms with E-state index in [1.165, 1.54) is 6.07 Å². The summed E-state index contributed by atoms with van der Waals surface area (Å²) in [5.41, 5.74) is -0.837. The number of nitrogens with one attached hydrogen (secondary N) is 1. The van der Waals surface area contributed by atoms with Crippen LogP contribution in [0.4, 0.5) is 5.82 Å². The van der Waals surface area contributed by atoms with Gasteiger partial charge in [0.2, 0.25) is 5.91 Å². The minimum absolute atomic E-state index is 0.0853. The number of anilines is 1. The Bertz CT molecular complexity index is 484. The van der Waals surface area contributed by atoms with Crippen molar-refractivity contribution in [2.24, 2.45) is 0 Å². The lowest BCUT2D eigenvalue weighted by Crippen LogP contribution is -2.62. The summed E-state index contributed by atoms with van der Waals surface area (Å²) in [5, 5.41) is 19.0. The predicted octanol–water partition coefficient (Wildman–Crippen LogP) is -0.110. The third kappa shape index (κ3) is 1.99. The highest BCUT2D eigenvalue weighted by Gasteiger charge is 2.38. The van der Waals surface area contributed by atoms with E-state index >= 15 is 0 Å². The van der Waals surface area contributed by atoms with Gasteiger partial charge in [-0.3, -0.25) is 4.79 Å². The van der Waals surface area contributed by atoms with Gasteiger partial charge in [-0.25, -0.2) is 4.79 Å². The highest BCUT2D eigenvalue weighted by molar-refractivity contribution is 5.90. The number of aromatic carboxylic acids is 1. The molecule has 0 saturated carbocycles. The first-order valence-electron chi connectivity index (χ1n) is 5.56. The maximum Gasteiger partial charge on any atom is 0.356 e.